The van der Waals surface area contributed by atoms with Gasteiger partial charge in [-0.3, -0.25) is 14.4 Å². The summed E-state index contributed by atoms with van der Waals surface area (Å²) in [6, 6.07) is 3.74. The molecule has 0 fully saturated rings. The van der Waals surface area contributed by atoms with Crippen LogP contribution in [0.5, 0.6) is 0 Å². The number of nitrogens with one attached hydrogen (secondary N) is 4. The number of nitrogens with two attached hydrogens (primary N) is 1. The maximum Gasteiger partial charge on any atom is 0.326 e. The van der Waals surface area contributed by atoms with E-state index in [0.29, 0.717) is 0 Å². The van der Waals surface area contributed by atoms with Crippen LogP contribution in [0.25, 0.3) is 10.9 Å². The molecule has 33 heavy (non-hydrogen) atoms. The van der Waals surface area contributed by atoms with Gasteiger partial charge in [0.2, 0.25) is 17.7 Å². The van der Waals surface area contributed by atoms with Gasteiger partial charge in [0.05, 0.1) is 12.6 Å². The molecule has 0 aliphatic carbocycles. The molecule has 1 aromatic carbocycles. The first kappa shape index (κ1) is 25.8. The van der Waals surface area contributed by atoms with Crippen LogP contribution in [0.3, 0.4) is 0 Å². The summed E-state index contributed by atoms with van der Waals surface area (Å²) in [5.74, 6) is -3.76. The standard InChI is InChI=1S/C22H31N5O6/c1-11(2)18(27-21(31)19(12(3)28)26-17(29)9-23)20(30)25-16(22(32)33)8-13-10-24-15-7-5-4-6-14(13)15/h4-7,10-12,16,18-19,24,28H,8-9,23H2,1-3H3,(H,25,30)(H,26,29)(H,27,31)(H,32,33). The van der Waals surface area contributed by atoms with Gasteiger partial charge in [0.25, 0.3) is 0 Å². The summed E-state index contributed by atoms with van der Waals surface area (Å²) in [5.41, 5.74) is 6.81. The normalized spacial score (nSPS) is 14.8. The van der Waals surface area contributed by atoms with Crippen LogP contribution >= 0.6 is 0 Å². The van der Waals surface area contributed by atoms with Gasteiger partial charge in [-0.2, -0.15) is 0 Å². The minimum absolute atomic E-state index is 0.0344. The number of carbonyl (C=O) groups excluding carboxylic acids is 3. The van der Waals surface area contributed by atoms with Crippen LogP contribution in [0.4, 0.5) is 0 Å². The summed E-state index contributed by atoms with van der Waals surface area (Å²) in [5, 5.41) is 27.7. The number of carboxylic acids is 1. The molecule has 0 aliphatic heterocycles. The Bertz CT molecular complexity index is 1000. The van der Waals surface area contributed by atoms with Crippen molar-refractivity contribution in [2.24, 2.45) is 11.7 Å². The van der Waals surface area contributed by atoms with Crippen molar-refractivity contribution in [2.45, 2.75) is 51.4 Å². The van der Waals surface area contributed by atoms with Gasteiger partial charge in [-0.05, 0) is 24.5 Å². The third-order valence-corrected chi connectivity index (χ3v) is 5.23. The molecule has 0 spiro atoms. The second kappa shape index (κ2) is 11.4. The Morgan fingerprint density at radius 1 is 1.00 bits per heavy atom. The molecule has 0 aliphatic rings. The van der Waals surface area contributed by atoms with Crippen LogP contribution in [0, 0.1) is 5.92 Å². The van der Waals surface area contributed by atoms with E-state index in [1.807, 2.05) is 24.3 Å². The van der Waals surface area contributed by atoms with Crippen molar-refractivity contribution in [3.63, 3.8) is 0 Å². The number of carboxylic acid groups (broad SMARTS) is 1. The lowest BCUT2D eigenvalue weighted by molar-refractivity contribution is -0.142. The van der Waals surface area contributed by atoms with Crippen molar-refractivity contribution in [1.29, 1.82) is 0 Å². The molecular formula is C22H31N5O6. The Hall–Kier alpha value is -3.44. The van der Waals surface area contributed by atoms with Crippen LogP contribution < -0.4 is 21.7 Å². The second-order valence-corrected chi connectivity index (χ2v) is 8.18. The highest BCUT2D eigenvalue weighted by molar-refractivity contribution is 5.94. The van der Waals surface area contributed by atoms with Crippen LogP contribution in [-0.4, -0.2) is 69.7 Å². The lowest BCUT2D eigenvalue weighted by atomic mass is 10.00. The number of benzene rings is 1. The maximum absolute atomic E-state index is 12.9. The zero-order valence-electron chi connectivity index (χ0n) is 18.8. The summed E-state index contributed by atoms with van der Waals surface area (Å²) in [4.78, 5) is 52.1. The number of aromatic amines is 1. The first-order chi connectivity index (χ1) is 15.5. The maximum atomic E-state index is 12.9. The Labute approximate surface area is 191 Å². The first-order valence-electron chi connectivity index (χ1n) is 10.6. The molecule has 2 aromatic rings. The third kappa shape index (κ3) is 6.77. The second-order valence-electron chi connectivity index (χ2n) is 8.18. The van der Waals surface area contributed by atoms with E-state index in [1.54, 1.807) is 20.0 Å². The number of rotatable bonds is 11. The molecule has 11 nitrogen and oxygen atoms in total. The van der Waals surface area contributed by atoms with Crippen LogP contribution in [0.1, 0.15) is 26.3 Å². The molecule has 2 rings (SSSR count). The average Bonchev–Trinajstić information content (AvgIpc) is 3.17. The highest BCUT2D eigenvalue weighted by Gasteiger charge is 2.33. The quantitative estimate of drug-likeness (QED) is 0.229. The number of aromatic nitrogens is 1. The van der Waals surface area contributed by atoms with Gasteiger partial charge in [-0.25, -0.2) is 4.79 Å². The smallest absolute Gasteiger partial charge is 0.326 e. The molecule has 8 N–H and O–H groups in total. The summed E-state index contributed by atoms with van der Waals surface area (Å²) in [7, 11) is 0. The molecule has 180 valence electrons. The SMILES string of the molecule is CC(C)C(NC(=O)C(NC(=O)CN)C(C)O)C(=O)NC(Cc1c[nH]c2ccccc12)C(=O)O. The molecule has 0 saturated heterocycles. The average molecular weight is 462 g/mol. The van der Waals surface area contributed by atoms with Crippen molar-refractivity contribution in [2.75, 3.05) is 6.54 Å². The minimum atomic E-state index is -1.32. The number of aliphatic hydroxyl groups is 1. The largest absolute Gasteiger partial charge is 0.480 e. The van der Waals surface area contributed by atoms with Crippen LogP contribution in [0.15, 0.2) is 30.5 Å². The van der Waals surface area contributed by atoms with Crippen molar-refractivity contribution in [1.82, 2.24) is 20.9 Å². The van der Waals surface area contributed by atoms with Gasteiger partial charge in [0, 0.05) is 23.5 Å². The lowest BCUT2D eigenvalue weighted by Crippen LogP contribution is -2.60. The Balaban J connectivity index is 2.15. The van der Waals surface area contributed by atoms with E-state index in [1.165, 1.54) is 6.92 Å². The molecule has 1 heterocycles. The Kier molecular flexibility index (Phi) is 8.94. The van der Waals surface area contributed by atoms with Crippen molar-refractivity contribution in [3.05, 3.63) is 36.0 Å². The predicted molar refractivity (Wildman–Crippen MR) is 121 cm³/mol. The van der Waals surface area contributed by atoms with E-state index in [-0.39, 0.29) is 13.0 Å². The summed E-state index contributed by atoms with van der Waals surface area (Å²) in [6.45, 7) is 4.29. The summed E-state index contributed by atoms with van der Waals surface area (Å²) < 4.78 is 0. The van der Waals surface area contributed by atoms with E-state index in [2.05, 4.69) is 20.9 Å². The topological polar surface area (TPSA) is 187 Å². The van der Waals surface area contributed by atoms with Gasteiger partial charge in [-0.1, -0.05) is 32.0 Å². The van der Waals surface area contributed by atoms with Gasteiger partial charge in [-0.15, -0.1) is 0 Å². The Morgan fingerprint density at radius 3 is 2.21 bits per heavy atom. The number of aliphatic carboxylic acids is 1. The number of fused-ring (bicyclic) bond motifs is 1. The number of hydrogen-bond acceptors (Lipinski definition) is 6. The monoisotopic (exact) mass is 461 g/mol. The van der Waals surface area contributed by atoms with E-state index in [9.17, 15) is 29.4 Å². The molecule has 0 radical (unpaired) electrons. The lowest BCUT2D eigenvalue weighted by Gasteiger charge is -2.27. The van der Waals surface area contributed by atoms with Gasteiger partial charge in [0.1, 0.15) is 18.1 Å². The fourth-order valence-corrected chi connectivity index (χ4v) is 3.40. The predicted octanol–water partition coefficient (Wildman–Crippen LogP) is -0.755. The molecule has 0 saturated carbocycles. The van der Waals surface area contributed by atoms with Gasteiger partial charge in [0.15, 0.2) is 0 Å². The fraction of sp³-hybridized carbons (Fsp3) is 0.455. The molecule has 3 amide bonds. The first-order valence-corrected chi connectivity index (χ1v) is 10.6. The number of amides is 3. The molecule has 0 bridgehead atoms. The van der Waals surface area contributed by atoms with E-state index < -0.39 is 53.8 Å². The van der Waals surface area contributed by atoms with Gasteiger partial charge < -0.3 is 36.9 Å². The number of para-hydroxylation sites is 1. The summed E-state index contributed by atoms with van der Waals surface area (Å²) in [6.07, 6.45) is 0.485. The minimum Gasteiger partial charge on any atom is -0.480 e. The van der Waals surface area contributed by atoms with E-state index in [0.717, 1.165) is 16.5 Å². The third-order valence-electron chi connectivity index (χ3n) is 5.23. The summed E-state index contributed by atoms with van der Waals surface area (Å²) >= 11 is 0. The van der Waals surface area contributed by atoms with Crippen LogP contribution in [-0.2, 0) is 25.6 Å². The van der Waals surface area contributed by atoms with E-state index in [4.69, 9.17) is 5.73 Å². The zero-order valence-corrected chi connectivity index (χ0v) is 18.8. The highest BCUT2D eigenvalue weighted by Crippen LogP contribution is 2.19. The number of carbonyl (C=O) groups is 4. The number of H-pyrrole nitrogens is 1. The fourth-order valence-electron chi connectivity index (χ4n) is 3.40. The van der Waals surface area contributed by atoms with Crippen molar-refractivity contribution >= 4 is 34.6 Å². The molecule has 4 atom stereocenters. The number of aliphatic hydroxyl groups excluding tert-OH is 1. The van der Waals surface area contributed by atoms with Crippen molar-refractivity contribution in [3.8, 4) is 0 Å². The molecular weight excluding hydrogens is 430 g/mol. The number of hydrogen-bond donors (Lipinski definition) is 7. The Morgan fingerprint density at radius 2 is 1.64 bits per heavy atom. The highest BCUT2D eigenvalue weighted by atomic mass is 16.4. The van der Waals surface area contributed by atoms with Crippen LogP contribution in [0.2, 0.25) is 0 Å². The molecule has 4 unspecified atom stereocenters. The van der Waals surface area contributed by atoms with Crippen molar-refractivity contribution < 1.29 is 29.4 Å². The van der Waals surface area contributed by atoms with Gasteiger partial charge >= 0.3 is 5.97 Å². The zero-order chi connectivity index (χ0) is 24.7. The molecule has 11 heteroatoms. The molecule has 1 aromatic heterocycles. The van der Waals surface area contributed by atoms with E-state index >= 15 is 0 Å².